The van der Waals surface area contributed by atoms with E-state index in [9.17, 15) is 18.5 Å². The summed E-state index contributed by atoms with van der Waals surface area (Å²) >= 11 is 1.45. The van der Waals surface area contributed by atoms with Crippen LogP contribution in [0.25, 0.3) is 11.3 Å². The Kier molecular flexibility index (Phi) is 5.44. The standard InChI is InChI=1S/C19H16N4O3S2/c1-28(25,26)14-4-2-12(3-5-14)10-22-19(24)17-8-16(21)15(9-20)18(23-17)13-6-7-27-11-13/h2-8,11H,10H2,1H3,(H2,21,23)(H,22,24). The number of carbonyl (C=O) groups excluding carboxylic acids is 1. The number of nitrogens with one attached hydrogen (secondary N) is 1. The molecule has 0 saturated heterocycles. The Labute approximate surface area is 166 Å². The first-order chi connectivity index (χ1) is 13.3. The van der Waals surface area contributed by atoms with Crippen LogP contribution in [0.5, 0.6) is 0 Å². The van der Waals surface area contributed by atoms with Crippen LogP contribution in [0.3, 0.4) is 0 Å². The summed E-state index contributed by atoms with van der Waals surface area (Å²) in [5, 5.41) is 15.7. The van der Waals surface area contributed by atoms with Crippen molar-refractivity contribution in [1.82, 2.24) is 10.3 Å². The van der Waals surface area contributed by atoms with E-state index in [4.69, 9.17) is 5.73 Å². The number of nitrogens with zero attached hydrogens (tertiary/aromatic N) is 2. The third kappa shape index (κ3) is 4.19. The molecule has 0 atom stereocenters. The zero-order valence-electron chi connectivity index (χ0n) is 14.8. The molecule has 28 heavy (non-hydrogen) atoms. The summed E-state index contributed by atoms with van der Waals surface area (Å²) in [5.74, 6) is -0.445. The number of aromatic nitrogens is 1. The van der Waals surface area contributed by atoms with Crippen LogP contribution in [0.4, 0.5) is 5.69 Å². The number of sulfone groups is 1. The van der Waals surface area contributed by atoms with E-state index in [0.717, 1.165) is 17.4 Å². The normalized spacial score (nSPS) is 11.0. The van der Waals surface area contributed by atoms with Crippen LogP contribution in [0.1, 0.15) is 21.6 Å². The first-order valence-electron chi connectivity index (χ1n) is 8.10. The molecule has 0 aliphatic rings. The fraction of sp³-hybridized carbons (Fsp3) is 0.105. The molecule has 1 aromatic carbocycles. The van der Waals surface area contributed by atoms with E-state index in [1.165, 1.54) is 29.5 Å². The van der Waals surface area contributed by atoms with Crippen molar-refractivity contribution in [2.45, 2.75) is 11.4 Å². The number of pyridine rings is 1. The predicted octanol–water partition coefficient (Wildman–Crippen LogP) is 2.60. The quantitative estimate of drug-likeness (QED) is 0.663. The molecule has 0 aliphatic carbocycles. The number of anilines is 1. The molecule has 1 amide bonds. The summed E-state index contributed by atoms with van der Waals surface area (Å²) in [4.78, 5) is 17.0. The minimum absolute atomic E-state index is 0.102. The minimum Gasteiger partial charge on any atom is -0.398 e. The topological polar surface area (TPSA) is 126 Å². The van der Waals surface area contributed by atoms with Gasteiger partial charge in [-0.1, -0.05) is 12.1 Å². The molecule has 3 aromatic rings. The van der Waals surface area contributed by atoms with E-state index in [-0.39, 0.29) is 28.4 Å². The van der Waals surface area contributed by atoms with Gasteiger partial charge in [-0.25, -0.2) is 13.4 Å². The van der Waals surface area contributed by atoms with Gasteiger partial charge in [0.2, 0.25) is 0 Å². The third-order valence-corrected chi connectivity index (χ3v) is 5.81. The summed E-state index contributed by atoms with van der Waals surface area (Å²) in [6, 6.07) is 11.5. The highest BCUT2D eigenvalue weighted by Gasteiger charge is 2.17. The smallest absolute Gasteiger partial charge is 0.270 e. The molecule has 0 bridgehead atoms. The molecule has 142 valence electrons. The molecule has 7 nitrogen and oxygen atoms in total. The molecule has 2 heterocycles. The zero-order valence-corrected chi connectivity index (χ0v) is 16.5. The summed E-state index contributed by atoms with van der Waals surface area (Å²) < 4.78 is 23.0. The van der Waals surface area contributed by atoms with Crippen LogP contribution in [0.2, 0.25) is 0 Å². The van der Waals surface area contributed by atoms with Crippen molar-refractivity contribution in [1.29, 1.82) is 5.26 Å². The van der Waals surface area contributed by atoms with Crippen molar-refractivity contribution >= 4 is 32.8 Å². The van der Waals surface area contributed by atoms with E-state index >= 15 is 0 Å². The van der Waals surface area contributed by atoms with Gasteiger partial charge in [0.15, 0.2) is 9.84 Å². The van der Waals surface area contributed by atoms with Crippen LogP contribution in [-0.2, 0) is 16.4 Å². The molecule has 0 saturated carbocycles. The maximum absolute atomic E-state index is 12.5. The fourth-order valence-corrected chi connectivity index (χ4v) is 3.81. The number of hydrogen-bond donors (Lipinski definition) is 2. The van der Waals surface area contributed by atoms with E-state index in [1.54, 1.807) is 18.2 Å². The van der Waals surface area contributed by atoms with Crippen molar-refractivity contribution < 1.29 is 13.2 Å². The second kappa shape index (κ2) is 7.80. The van der Waals surface area contributed by atoms with Gasteiger partial charge < -0.3 is 11.1 Å². The van der Waals surface area contributed by atoms with Crippen molar-refractivity contribution in [2.75, 3.05) is 12.0 Å². The lowest BCUT2D eigenvalue weighted by Crippen LogP contribution is -2.24. The lowest BCUT2D eigenvalue weighted by Gasteiger charge is -2.10. The maximum atomic E-state index is 12.5. The molecule has 0 radical (unpaired) electrons. The number of benzene rings is 1. The second-order valence-electron chi connectivity index (χ2n) is 6.04. The van der Waals surface area contributed by atoms with Gasteiger partial charge in [-0.2, -0.15) is 16.6 Å². The monoisotopic (exact) mass is 412 g/mol. The van der Waals surface area contributed by atoms with E-state index < -0.39 is 15.7 Å². The van der Waals surface area contributed by atoms with Gasteiger partial charge in [0, 0.05) is 23.7 Å². The van der Waals surface area contributed by atoms with Gasteiger partial charge in [0.25, 0.3) is 5.91 Å². The fourth-order valence-electron chi connectivity index (χ4n) is 2.53. The van der Waals surface area contributed by atoms with Gasteiger partial charge in [0.1, 0.15) is 17.3 Å². The Morgan fingerprint density at radius 3 is 2.57 bits per heavy atom. The van der Waals surface area contributed by atoms with E-state index in [0.29, 0.717) is 5.69 Å². The Bertz CT molecular complexity index is 1160. The average molecular weight is 412 g/mol. The summed E-state index contributed by atoms with van der Waals surface area (Å²) in [6.45, 7) is 0.193. The molecule has 2 aromatic heterocycles. The Morgan fingerprint density at radius 2 is 2.00 bits per heavy atom. The summed E-state index contributed by atoms with van der Waals surface area (Å²) in [6.07, 6.45) is 1.13. The Morgan fingerprint density at radius 1 is 1.29 bits per heavy atom. The zero-order chi connectivity index (χ0) is 20.3. The number of amides is 1. The Balaban J connectivity index is 1.81. The van der Waals surface area contributed by atoms with Crippen LogP contribution < -0.4 is 11.1 Å². The van der Waals surface area contributed by atoms with Crippen molar-refractivity contribution in [3.05, 3.63) is 64.0 Å². The average Bonchev–Trinajstić information content (AvgIpc) is 3.19. The van der Waals surface area contributed by atoms with Crippen molar-refractivity contribution in [2.24, 2.45) is 0 Å². The molecule has 3 rings (SSSR count). The number of rotatable bonds is 5. The first kappa shape index (κ1) is 19.5. The molecule has 0 aliphatic heterocycles. The highest BCUT2D eigenvalue weighted by molar-refractivity contribution is 7.90. The Hall–Kier alpha value is -3.22. The summed E-state index contributed by atoms with van der Waals surface area (Å²) in [5.41, 5.74) is 8.28. The van der Waals surface area contributed by atoms with Gasteiger partial charge in [-0.3, -0.25) is 4.79 Å². The lowest BCUT2D eigenvalue weighted by molar-refractivity contribution is 0.0946. The highest BCUT2D eigenvalue weighted by atomic mass is 32.2. The minimum atomic E-state index is -3.27. The number of hydrogen-bond acceptors (Lipinski definition) is 7. The molecule has 0 unspecified atom stereocenters. The third-order valence-electron chi connectivity index (χ3n) is 3.99. The van der Waals surface area contributed by atoms with Crippen molar-refractivity contribution in [3.8, 4) is 17.3 Å². The van der Waals surface area contributed by atoms with Gasteiger partial charge >= 0.3 is 0 Å². The number of nitrogens with two attached hydrogens (primary N) is 1. The summed E-state index contributed by atoms with van der Waals surface area (Å²) in [7, 11) is -3.27. The number of nitriles is 1. The van der Waals surface area contributed by atoms with Crippen LogP contribution >= 0.6 is 11.3 Å². The number of nitrogen functional groups attached to an aromatic ring is 1. The molecular weight excluding hydrogens is 396 g/mol. The van der Waals surface area contributed by atoms with Crippen LogP contribution in [0, 0.1) is 11.3 Å². The number of carbonyl (C=O) groups is 1. The molecular formula is C19H16N4O3S2. The molecule has 0 spiro atoms. The predicted molar refractivity (Wildman–Crippen MR) is 107 cm³/mol. The van der Waals surface area contributed by atoms with Gasteiger partial charge in [-0.05, 0) is 35.2 Å². The van der Waals surface area contributed by atoms with E-state index in [1.807, 2.05) is 16.8 Å². The number of thiophene rings is 1. The highest BCUT2D eigenvalue weighted by Crippen LogP contribution is 2.28. The maximum Gasteiger partial charge on any atom is 0.270 e. The second-order valence-corrected chi connectivity index (χ2v) is 8.84. The SMILES string of the molecule is CS(=O)(=O)c1ccc(CNC(=O)c2cc(N)c(C#N)c(-c3ccsc3)n2)cc1. The largest absolute Gasteiger partial charge is 0.398 e. The first-order valence-corrected chi connectivity index (χ1v) is 10.9. The lowest BCUT2D eigenvalue weighted by atomic mass is 10.1. The van der Waals surface area contributed by atoms with E-state index in [2.05, 4.69) is 10.3 Å². The molecule has 9 heteroatoms. The van der Waals surface area contributed by atoms with Gasteiger partial charge in [-0.15, -0.1) is 0 Å². The molecule has 0 fully saturated rings. The van der Waals surface area contributed by atoms with Crippen LogP contribution in [-0.4, -0.2) is 25.6 Å². The van der Waals surface area contributed by atoms with Gasteiger partial charge in [0.05, 0.1) is 16.3 Å². The molecule has 3 N–H and O–H groups in total. The van der Waals surface area contributed by atoms with Crippen LogP contribution in [0.15, 0.2) is 52.1 Å². The van der Waals surface area contributed by atoms with Crippen molar-refractivity contribution in [3.63, 3.8) is 0 Å².